The molecule has 5 rings (SSSR count). The summed E-state index contributed by atoms with van der Waals surface area (Å²) in [6, 6.07) is 24.2. The first kappa shape index (κ1) is 26.5. The molecule has 7 heteroatoms. The first-order valence-electron chi connectivity index (χ1n) is 12.7. The molecule has 0 spiro atoms. The molecule has 0 aromatic heterocycles. The Kier molecular flexibility index (Phi) is 8.17. The Labute approximate surface area is 213 Å². The van der Waals surface area contributed by atoms with Crippen LogP contribution in [0.15, 0.2) is 60.7 Å². The van der Waals surface area contributed by atoms with Crippen molar-refractivity contribution in [3.8, 4) is 6.07 Å². The minimum atomic E-state index is -2.64. The third kappa shape index (κ3) is 5.27. The minimum Gasteiger partial charge on any atom is -0.404 e. The number of rotatable bonds is 9. The van der Waals surface area contributed by atoms with E-state index in [9.17, 15) is 0 Å². The van der Waals surface area contributed by atoms with E-state index in [1.54, 1.807) is 0 Å². The molecule has 0 amide bonds. The summed E-state index contributed by atoms with van der Waals surface area (Å²) in [4.78, 5) is 0. The van der Waals surface area contributed by atoms with Crippen LogP contribution in [0.1, 0.15) is 47.0 Å². The first-order valence-corrected chi connectivity index (χ1v) is 16.2. The molecular weight excluding hydrogens is 471 g/mol. The summed E-state index contributed by atoms with van der Waals surface area (Å²) in [5.41, 5.74) is -0.351. The monoisotopic (exact) mass is 510 g/mol. The molecule has 5 nitrogen and oxygen atoms in total. The van der Waals surface area contributed by atoms with Gasteiger partial charge < -0.3 is 13.7 Å². The summed E-state index contributed by atoms with van der Waals surface area (Å²) >= 11 is 0. The van der Waals surface area contributed by atoms with Gasteiger partial charge in [-0.3, -0.25) is 4.67 Å². The number of nitrogens with zero attached hydrogens (tertiary/aromatic N) is 2. The van der Waals surface area contributed by atoms with E-state index in [0.717, 1.165) is 19.4 Å². The molecule has 0 saturated carbocycles. The number of ether oxygens (including phenoxy) is 1. The molecule has 0 aliphatic carbocycles. The number of piperidine rings is 1. The number of hydrogen-bond donors (Lipinski definition) is 0. The van der Waals surface area contributed by atoms with E-state index < -0.39 is 16.6 Å². The molecule has 3 saturated heterocycles. The Balaban J connectivity index is 1.65. The van der Waals surface area contributed by atoms with E-state index in [2.05, 4.69) is 106 Å². The van der Waals surface area contributed by atoms with Gasteiger partial charge in [-0.2, -0.15) is 5.26 Å². The van der Waals surface area contributed by atoms with Gasteiger partial charge >= 0.3 is 0 Å². The molecule has 3 heterocycles. The van der Waals surface area contributed by atoms with Gasteiger partial charge in [0.05, 0.1) is 31.8 Å². The van der Waals surface area contributed by atoms with Crippen molar-refractivity contribution in [1.82, 2.24) is 4.67 Å². The van der Waals surface area contributed by atoms with Gasteiger partial charge in [0, 0.05) is 12.6 Å². The van der Waals surface area contributed by atoms with Crippen LogP contribution in [-0.2, 0) is 13.7 Å². The van der Waals surface area contributed by atoms with Gasteiger partial charge in [0.2, 0.25) is 0 Å². The molecule has 0 radical (unpaired) electrons. The summed E-state index contributed by atoms with van der Waals surface area (Å²) < 4.78 is 22.6. The summed E-state index contributed by atoms with van der Waals surface area (Å²) in [7, 11) is -3.41. The van der Waals surface area contributed by atoms with Crippen LogP contribution in [0, 0.1) is 11.3 Å². The highest BCUT2D eigenvalue weighted by Crippen LogP contribution is 2.50. The summed E-state index contributed by atoms with van der Waals surface area (Å²) in [6.07, 6.45) is 2.64. The molecule has 188 valence electrons. The molecule has 3 aliphatic rings. The molecule has 2 aromatic rings. The molecule has 2 aromatic carbocycles. The van der Waals surface area contributed by atoms with Crippen molar-refractivity contribution in [2.75, 3.05) is 26.4 Å². The molecular formula is C28H39N2O3PSi. The van der Waals surface area contributed by atoms with Crippen LogP contribution in [0.5, 0.6) is 0 Å². The summed E-state index contributed by atoms with van der Waals surface area (Å²) in [5, 5.41) is 11.4. The molecule has 35 heavy (non-hydrogen) atoms. The second-order valence-corrected chi connectivity index (χ2v) is 16.9. The highest BCUT2D eigenvalue weighted by molar-refractivity contribution is 7.49. The van der Waals surface area contributed by atoms with Gasteiger partial charge in [0.25, 0.3) is 8.32 Å². The first-order chi connectivity index (χ1) is 16.7. The molecule has 0 N–H and O–H groups in total. The van der Waals surface area contributed by atoms with Crippen molar-refractivity contribution in [2.45, 2.75) is 69.7 Å². The lowest BCUT2D eigenvalue weighted by molar-refractivity contribution is -0.206. The van der Waals surface area contributed by atoms with Crippen molar-refractivity contribution in [2.24, 2.45) is 0 Å². The van der Waals surface area contributed by atoms with E-state index >= 15 is 0 Å². The average molecular weight is 511 g/mol. The van der Waals surface area contributed by atoms with Gasteiger partial charge in [0.15, 0.2) is 0 Å². The third-order valence-electron chi connectivity index (χ3n) is 7.53. The summed E-state index contributed by atoms with van der Waals surface area (Å²) in [5.74, 6) is 0. The Morgan fingerprint density at radius 2 is 1.71 bits per heavy atom. The van der Waals surface area contributed by atoms with Crippen LogP contribution >= 0.6 is 8.30 Å². The van der Waals surface area contributed by atoms with E-state index in [1.807, 2.05) is 0 Å². The van der Waals surface area contributed by atoms with Crippen molar-refractivity contribution in [3.05, 3.63) is 60.7 Å². The molecule has 3 aliphatic heterocycles. The number of hydrogen-bond acceptors (Lipinski definition) is 5. The van der Waals surface area contributed by atoms with Crippen LogP contribution in [0.3, 0.4) is 0 Å². The predicted octanol–water partition coefficient (Wildman–Crippen LogP) is 5.06. The Morgan fingerprint density at radius 1 is 1.11 bits per heavy atom. The fourth-order valence-electron chi connectivity index (χ4n) is 5.86. The Bertz CT molecular complexity index is 971. The number of benzene rings is 2. The van der Waals surface area contributed by atoms with Gasteiger partial charge in [-0.05, 0) is 41.8 Å². The van der Waals surface area contributed by atoms with Crippen LogP contribution < -0.4 is 10.4 Å². The third-order valence-corrected chi connectivity index (χ3v) is 14.2. The van der Waals surface area contributed by atoms with Crippen LogP contribution in [0.25, 0.3) is 0 Å². The fraction of sp³-hybridized carbons (Fsp3) is 0.536. The number of fused-ring (bicyclic) bond motifs is 3. The maximum Gasteiger partial charge on any atom is 0.261 e. The topological polar surface area (TPSA) is 54.7 Å². The minimum absolute atomic E-state index is 0.0682. The lowest BCUT2D eigenvalue weighted by atomic mass is 9.85. The fourth-order valence-corrected chi connectivity index (χ4v) is 12.2. The highest BCUT2D eigenvalue weighted by atomic mass is 31.2. The van der Waals surface area contributed by atoms with E-state index in [-0.39, 0.29) is 16.7 Å². The number of morpholine rings is 1. The lowest BCUT2D eigenvalue weighted by Gasteiger charge is -2.57. The van der Waals surface area contributed by atoms with Crippen molar-refractivity contribution in [3.63, 3.8) is 0 Å². The zero-order valence-corrected chi connectivity index (χ0v) is 23.6. The van der Waals surface area contributed by atoms with Crippen LogP contribution in [0.4, 0.5) is 0 Å². The van der Waals surface area contributed by atoms with Crippen LogP contribution in [-0.4, -0.2) is 57.2 Å². The molecule has 4 atom stereocenters. The zero-order valence-electron chi connectivity index (χ0n) is 21.7. The lowest BCUT2D eigenvalue weighted by Crippen LogP contribution is -2.70. The van der Waals surface area contributed by atoms with Crippen molar-refractivity contribution < 1.29 is 13.7 Å². The molecule has 3 fully saturated rings. The maximum absolute atomic E-state index is 8.91. The largest absolute Gasteiger partial charge is 0.404 e. The second-order valence-electron chi connectivity index (χ2n) is 10.9. The second kappa shape index (κ2) is 10.8. The quantitative estimate of drug-likeness (QED) is 0.268. The molecule has 4 unspecified atom stereocenters. The summed E-state index contributed by atoms with van der Waals surface area (Å²) in [6.45, 7) is 13.2. The average Bonchev–Trinajstić information content (AvgIpc) is 2.85. The van der Waals surface area contributed by atoms with E-state index in [1.165, 1.54) is 10.4 Å². The normalized spacial score (nSPS) is 25.8. The van der Waals surface area contributed by atoms with Crippen molar-refractivity contribution in [1.29, 1.82) is 5.26 Å². The van der Waals surface area contributed by atoms with Gasteiger partial charge in [-0.15, -0.1) is 0 Å². The zero-order chi connectivity index (χ0) is 25.1. The van der Waals surface area contributed by atoms with Gasteiger partial charge in [-0.1, -0.05) is 81.4 Å². The standard InChI is InChI=1S/C28H39N2O3PSi/c1-23-26-17-18-28(33-23,21-30(26)34(5)31-20-12-19-29)22-32-35(27(2,3)4,24-13-8-6-9-14-24)25-15-10-7-11-16-25/h6-11,13-16,23,26H,12,17-18,20-22H2,1-5H3. The molecule has 2 bridgehead atoms. The highest BCUT2D eigenvalue weighted by Gasteiger charge is 2.55. The van der Waals surface area contributed by atoms with Crippen LogP contribution in [0.2, 0.25) is 5.04 Å². The van der Waals surface area contributed by atoms with E-state index in [4.69, 9.17) is 18.9 Å². The van der Waals surface area contributed by atoms with Gasteiger partial charge in [-0.25, -0.2) is 0 Å². The van der Waals surface area contributed by atoms with Crippen molar-refractivity contribution >= 4 is 27.0 Å². The Morgan fingerprint density at radius 3 is 2.23 bits per heavy atom. The predicted molar refractivity (Wildman–Crippen MR) is 146 cm³/mol. The SMILES string of the molecule is CC1OC2(CO[Si](c3ccccc3)(c3ccccc3)C(C)(C)C)CCC1N(P(C)OCCC#N)C2. The van der Waals surface area contributed by atoms with E-state index in [0.29, 0.717) is 25.7 Å². The smallest absolute Gasteiger partial charge is 0.261 e. The number of nitriles is 1. The van der Waals surface area contributed by atoms with Gasteiger partial charge in [0.1, 0.15) is 13.9 Å². The maximum atomic E-state index is 8.91. The Hall–Kier alpha value is -1.58.